The fourth-order valence-electron chi connectivity index (χ4n) is 2.63. The highest BCUT2D eigenvalue weighted by atomic mass is 79.9. The maximum atomic E-state index is 12.7. The van der Waals surface area contributed by atoms with Crippen LogP contribution in [0.25, 0.3) is 0 Å². The summed E-state index contributed by atoms with van der Waals surface area (Å²) >= 11 is 3.31. The normalized spacial score (nSPS) is 11.1. The summed E-state index contributed by atoms with van der Waals surface area (Å²) in [6.07, 6.45) is 3.10. The number of hydrogen-bond acceptors (Lipinski definition) is 6. The number of amides is 1. The third-order valence-corrected chi connectivity index (χ3v) is 5.55. The molecule has 0 fully saturated rings. The van der Waals surface area contributed by atoms with Crippen LogP contribution in [0.15, 0.2) is 48.5 Å². The van der Waals surface area contributed by atoms with Crippen molar-refractivity contribution < 1.29 is 22.9 Å². The first-order valence-corrected chi connectivity index (χ1v) is 11.8. The minimum Gasteiger partial charge on any atom is -0.455 e. The van der Waals surface area contributed by atoms with Crippen molar-refractivity contribution in [3.05, 3.63) is 58.6 Å². The summed E-state index contributed by atoms with van der Waals surface area (Å²) in [5.74, 6) is -0.356. The Morgan fingerprint density at radius 3 is 2.41 bits per heavy atom. The van der Waals surface area contributed by atoms with E-state index >= 15 is 0 Å². The van der Waals surface area contributed by atoms with Crippen molar-refractivity contribution in [2.24, 2.45) is 0 Å². The summed E-state index contributed by atoms with van der Waals surface area (Å²) in [7, 11) is -3.98. The predicted octanol–water partition coefficient (Wildman–Crippen LogP) is 4.64. The van der Waals surface area contributed by atoms with Crippen molar-refractivity contribution in [2.45, 2.75) is 25.7 Å². The first-order chi connectivity index (χ1) is 13.7. The molecular weight excluding hydrogens is 464 g/mol. The lowest BCUT2D eigenvalue weighted by atomic mass is 10.2. The van der Waals surface area contributed by atoms with Crippen molar-refractivity contribution in [3.63, 3.8) is 0 Å². The van der Waals surface area contributed by atoms with Gasteiger partial charge in [-0.25, -0.2) is 12.7 Å². The predicted molar refractivity (Wildman–Crippen MR) is 114 cm³/mol. The van der Waals surface area contributed by atoms with Crippen molar-refractivity contribution >= 4 is 43.2 Å². The molecule has 2 aromatic rings. The van der Waals surface area contributed by atoms with Crippen LogP contribution in [0.4, 0.5) is 11.4 Å². The van der Waals surface area contributed by atoms with Crippen LogP contribution >= 0.6 is 15.9 Å². The van der Waals surface area contributed by atoms with Crippen LogP contribution in [0.3, 0.4) is 0 Å². The highest BCUT2D eigenvalue weighted by Crippen LogP contribution is 2.37. The monoisotopic (exact) mass is 484 g/mol. The third kappa shape index (κ3) is 6.53. The number of non-ortho nitro benzene ring substituents is 1. The molecular formula is C19H21BrN2O6S. The van der Waals surface area contributed by atoms with Gasteiger partial charge in [-0.15, -0.1) is 0 Å². The van der Waals surface area contributed by atoms with Crippen molar-refractivity contribution in [1.82, 2.24) is 0 Å². The minimum atomic E-state index is -3.98. The summed E-state index contributed by atoms with van der Waals surface area (Å²) in [4.78, 5) is 23.3. The van der Waals surface area contributed by atoms with Crippen molar-refractivity contribution in [1.29, 1.82) is 0 Å². The number of anilines is 1. The SMILES string of the molecule is CS(=O)(=O)N(C(=O)CCCCCBr)c1ccc([N+](=O)[O-])cc1Oc1ccccc1. The van der Waals surface area contributed by atoms with Gasteiger partial charge in [-0.1, -0.05) is 40.5 Å². The molecule has 0 aromatic heterocycles. The van der Waals surface area contributed by atoms with Gasteiger partial charge in [0.25, 0.3) is 5.69 Å². The second-order valence-corrected chi connectivity index (χ2v) is 8.87. The number of hydrogen-bond donors (Lipinski definition) is 0. The van der Waals surface area contributed by atoms with Gasteiger partial charge in [0.15, 0.2) is 5.75 Å². The van der Waals surface area contributed by atoms with Gasteiger partial charge in [-0.2, -0.15) is 0 Å². The zero-order valence-corrected chi connectivity index (χ0v) is 18.2. The second kappa shape index (κ2) is 10.4. The fourth-order valence-corrected chi connectivity index (χ4v) is 3.99. The van der Waals surface area contributed by atoms with E-state index < -0.39 is 20.9 Å². The molecule has 29 heavy (non-hydrogen) atoms. The molecule has 0 saturated heterocycles. The standard InChI is InChI=1S/C19H21BrN2O6S/c1-29(26,27)21(19(23)10-6-3-7-13-20)17-12-11-15(22(24)25)14-18(17)28-16-8-4-2-5-9-16/h2,4-5,8-9,11-12,14H,3,6-7,10,13H2,1H3. The Labute approximate surface area is 177 Å². The van der Waals surface area contributed by atoms with E-state index in [0.29, 0.717) is 16.5 Å². The van der Waals surface area contributed by atoms with Gasteiger partial charge >= 0.3 is 0 Å². The van der Waals surface area contributed by atoms with Crippen LogP contribution in [0.1, 0.15) is 25.7 Å². The number of alkyl halides is 1. The first kappa shape index (κ1) is 22.8. The lowest BCUT2D eigenvalue weighted by molar-refractivity contribution is -0.384. The number of nitrogens with zero attached hydrogens (tertiary/aromatic N) is 2. The Morgan fingerprint density at radius 2 is 1.83 bits per heavy atom. The van der Waals surface area contributed by atoms with Crippen LogP contribution in [0.2, 0.25) is 0 Å². The molecule has 1 amide bonds. The smallest absolute Gasteiger partial charge is 0.273 e. The van der Waals surface area contributed by atoms with Crippen LogP contribution in [0.5, 0.6) is 11.5 Å². The van der Waals surface area contributed by atoms with E-state index in [2.05, 4.69) is 15.9 Å². The second-order valence-electron chi connectivity index (χ2n) is 6.25. The maximum Gasteiger partial charge on any atom is 0.273 e. The maximum absolute atomic E-state index is 12.7. The first-order valence-electron chi connectivity index (χ1n) is 8.84. The van der Waals surface area contributed by atoms with E-state index in [-0.39, 0.29) is 23.5 Å². The van der Waals surface area contributed by atoms with Gasteiger partial charge < -0.3 is 4.74 Å². The van der Waals surface area contributed by atoms with Crippen LogP contribution < -0.4 is 9.04 Å². The van der Waals surface area contributed by atoms with Gasteiger partial charge in [0.1, 0.15) is 11.4 Å². The molecule has 10 heteroatoms. The molecule has 0 saturated carbocycles. The van der Waals surface area contributed by atoms with E-state index in [9.17, 15) is 23.3 Å². The largest absolute Gasteiger partial charge is 0.455 e. The molecule has 0 aliphatic carbocycles. The molecule has 0 aliphatic rings. The van der Waals surface area contributed by atoms with Crippen LogP contribution in [-0.4, -0.2) is 30.8 Å². The molecule has 0 unspecified atom stereocenters. The highest BCUT2D eigenvalue weighted by molar-refractivity contribution is 9.09. The number of nitro benzene ring substituents is 1. The Kier molecular flexibility index (Phi) is 8.15. The van der Waals surface area contributed by atoms with Gasteiger partial charge in [0.2, 0.25) is 15.9 Å². The quantitative estimate of drug-likeness (QED) is 0.210. The number of benzene rings is 2. The third-order valence-electron chi connectivity index (χ3n) is 3.93. The number of para-hydroxylation sites is 1. The Bertz CT molecular complexity index is 966. The topological polar surface area (TPSA) is 107 Å². The van der Waals surface area contributed by atoms with E-state index in [1.807, 2.05) is 0 Å². The molecule has 0 N–H and O–H groups in total. The molecule has 0 atom stereocenters. The number of nitro groups is 1. The molecule has 8 nitrogen and oxygen atoms in total. The Hall–Kier alpha value is -2.46. The Morgan fingerprint density at radius 1 is 1.14 bits per heavy atom. The Balaban J connectivity index is 2.46. The molecule has 0 radical (unpaired) electrons. The van der Waals surface area contributed by atoms with Gasteiger partial charge in [-0.3, -0.25) is 14.9 Å². The summed E-state index contributed by atoms with van der Waals surface area (Å²) in [5.41, 5.74) is -0.342. The number of ether oxygens (including phenoxy) is 1. The molecule has 2 aromatic carbocycles. The number of sulfonamides is 1. The average molecular weight is 485 g/mol. The summed E-state index contributed by atoms with van der Waals surface area (Å²) in [5, 5.41) is 12.0. The van der Waals surface area contributed by atoms with E-state index in [4.69, 9.17) is 4.74 Å². The molecule has 2 rings (SSSR count). The van der Waals surface area contributed by atoms with E-state index in [1.54, 1.807) is 30.3 Å². The van der Waals surface area contributed by atoms with Crippen molar-refractivity contribution in [2.75, 3.05) is 15.9 Å². The number of rotatable bonds is 10. The number of halogens is 1. The molecule has 0 bridgehead atoms. The number of carbonyl (C=O) groups excluding carboxylic acids is 1. The van der Waals surface area contributed by atoms with Crippen LogP contribution in [-0.2, 0) is 14.8 Å². The number of carbonyl (C=O) groups is 1. The summed E-state index contributed by atoms with van der Waals surface area (Å²) in [6.45, 7) is 0. The molecule has 0 heterocycles. The molecule has 156 valence electrons. The average Bonchev–Trinajstić information content (AvgIpc) is 2.66. The van der Waals surface area contributed by atoms with E-state index in [1.165, 1.54) is 6.07 Å². The summed E-state index contributed by atoms with van der Waals surface area (Å²) in [6, 6.07) is 11.9. The van der Waals surface area contributed by atoms with Crippen LogP contribution in [0, 0.1) is 10.1 Å². The number of unbranched alkanes of at least 4 members (excludes halogenated alkanes) is 2. The molecule has 0 spiro atoms. The van der Waals surface area contributed by atoms with Gasteiger partial charge in [0, 0.05) is 17.8 Å². The highest BCUT2D eigenvalue weighted by Gasteiger charge is 2.29. The zero-order valence-electron chi connectivity index (χ0n) is 15.8. The minimum absolute atomic E-state index is 0.0296. The van der Waals surface area contributed by atoms with Gasteiger partial charge in [-0.05, 0) is 31.0 Å². The van der Waals surface area contributed by atoms with Gasteiger partial charge in [0.05, 0.1) is 17.2 Å². The summed E-state index contributed by atoms with van der Waals surface area (Å²) < 4.78 is 31.1. The van der Waals surface area contributed by atoms with Crippen molar-refractivity contribution in [3.8, 4) is 11.5 Å². The lowest BCUT2D eigenvalue weighted by Crippen LogP contribution is -2.36. The zero-order chi connectivity index (χ0) is 21.4. The molecule has 0 aliphatic heterocycles. The van der Waals surface area contributed by atoms with E-state index in [0.717, 1.165) is 36.6 Å². The lowest BCUT2D eigenvalue weighted by Gasteiger charge is -2.23. The fraction of sp³-hybridized carbons (Fsp3) is 0.316.